The van der Waals surface area contributed by atoms with Gasteiger partial charge in [-0.2, -0.15) is 0 Å². The van der Waals surface area contributed by atoms with Crippen molar-refractivity contribution in [2.45, 2.75) is 38.8 Å². The molecule has 3 amide bonds. The average molecular weight is 302 g/mol. The van der Waals surface area contributed by atoms with Gasteiger partial charge in [-0.3, -0.25) is 9.78 Å². The lowest BCUT2D eigenvalue weighted by atomic mass is 10.1. The Bertz CT molecular complexity index is 565. The second-order valence-electron chi connectivity index (χ2n) is 6.05. The summed E-state index contributed by atoms with van der Waals surface area (Å²) >= 11 is 0. The van der Waals surface area contributed by atoms with E-state index in [4.69, 9.17) is 0 Å². The van der Waals surface area contributed by atoms with E-state index in [1.807, 2.05) is 12.1 Å². The van der Waals surface area contributed by atoms with E-state index in [9.17, 15) is 9.59 Å². The lowest BCUT2D eigenvalue weighted by Crippen LogP contribution is -2.63. The number of pyridine rings is 1. The van der Waals surface area contributed by atoms with E-state index in [2.05, 4.69) is 22.5 Å². The van der Waals surface area contributed by atoms with Crippen LogP contribution in [0.15, 0.2) is 18.3 Å². The fraction of sp³-hybridized carbons (Fsp3) is 0.562. The number of carbonyl (C=O) groups is 2. The van der Waals surface area contributed by atoms with Crippen molar-refractivity contribution in [3.8, 4) is 0 Å². The topological polar surface area (TPSA) is 74.3 Å². The van der Waals surface area contributed by atoms with E-state index in [1.54, 1.807) is 11.1 Å². The van der Waals surface area contributed by atoms with Crippen molar-refractivity contribution in [3.05, 3.63) is 29.6 Å². The summed E-state index contributed by atoms with van der Waals surface area (Å²) in [6, 6.07) is 4.00. The second kappa shape index (κ2) is 6.34. The molecule has 1 aromatic rings. The van der Waals surface area contributed by atoms with Crippen LogP contribution in [0.25, 0.3) is 0 Å². The third-order valence-electron chi connectivity index (χ3n) is 4.17. The molecule has 2 N–H and O–H groups in total. The van der Waals surface area contributed by atoms with Crippen LogP contribution < -0.4 is 10.6 Å². The van der Waals surface area contributed by atoms with E-state index >= 15 is 0 Å². The molecule has 2 fully saturated rings. The van der Waals surface area contributed by atoms with E-state index in [0.717, 1.165) is 25.0 Å². The number of rotatable bonds is 5. The van der Waals surface area contributed by atoms with Crippen LogP contribution in [0, 0.1) is 5.92 Å². The monoisotopic (exact) mass is 302 g/mol. The van der Waals surface area contributed by atoms with Crippen LogP contribution >= 0.6 is 0 Å². The Balaban J connectivity index is 1.39. The minimum atomic E-state index is -0.0966. The Morgan fingerprint density at radius 1 is 1.36 bits per heavy atom. The number of hydrogen-bond acceptors (Lipinski definition) is 3. The molecule has 1 aliphatic carbocycles. The molecule has 6 nitrogen and oxygen atoms in total. The molecule has 3 rings (SSSR count). The van der Waals surface area contributed by atoms with Gasteiger partial charge < -0.3 is 15.5 Å². The maximum atomic E-state index is 12.0. The summed E-state index contributed by atoms with van der Waals surface area (Å²) in [5, 5.41) is 5.85. The fourth-order valence-corrected chi connectivity index (χ4v) is 2.52. The van der Waals surface area contributed by atoms with Gasteiger partial charge in [0.15, 0.2) is 0 Å². The van der Waals surface area contributed by atoms with Crippen molar-refractivity contribution in [2.75, 3.05) is 13.1 Å². The Morgan fingerprint density at radius 2 is 2.14 bits per heavy atom. The first-order valence-corrected chi connectivity index (χ1v) is 7.92. The minimum Gasteiger partial charge on any atom is -0.350 e. The number of carbonyl (C=O) groups excluding carboxylic acids is 2. The average Bonchev–Trinajstić information content (AvgIpc) is 3.33. The molecular formula is C16H22N4O2. The predicted octanol–water partition coefficient (Wildman–Crippen LogP) is 1.06. The highest BCUT2D eigenvalue weighted by Gasteiger charge is 2.36. The maximum absolute atomic E-state index is 12.0. The van der Waals surface area contributed by atoms with Crippen LogP contribution in [0.2, 0.25) is 0 Å². The largest absolute Gasteiger partial charge is 0.350 e. The molecule has 0 radical (unpaired) electrons. The molecule has 0 unspecified atom stereocenters. The summed E-state index contributed by atoms with van der Waals surface area (Å²) in [5.74, 6) is 0.366. The lowest BCUT2D eigenvalue weighted by Gasteiger charge is -2.39. The van der Waals surface area contributed by atoms with Crippen LogP contribution in [0.4, 0.5) is 4.79 Å². The molecule has 0 atom stereocenters. The van der Waals surface area contributed by atoms with Crippen molar-refractivity contribution in [1.82, 2.24) is 20.5 Å². The zero-order valence-corrected chi connectivity index (χ0v) is 12.8. The van der Waals surface area contributed by atoms with E-state index in [0.29, 0.717) is 19.6 Å². The molecular weight excluding hydrogens is 280 g/mol. The number of likely N-dealkylation sites (tertiary alicyclic amines) is 1. The van der Waals surface area contributed by atoms with E-state index in [1.165, 1.54) is 5.56 Å². The number of amides is 3. The first-order chi connectivity index (χ1) is 10.7. The van der Waals surface area contributed by atoms with Crippen LogP contribution in [0.5, 0.6) is 0 Å². The Hall–Kier alpha value is -2.11. The zero-order valence-electron chi connectivity index (χ0n) is 12.8. The predicted molar refractivity (Wildman–Crippen MR) is 82.1 cm³/mol. The van der Waals surface area contributed by atoms with Gasteiger partial charge in [-0.25, -0.2) is 4.79 Å². The number of nitrogens with one attached hydrogen (secondary N) is 2. The van der Waals surface area contributed by atoms with Gasteiger partial charge in [0, 0.05) is 25.2 Å². The smallest absolute Gasteiger partial charge is 0.317 e. The molecule has 0 spiro atoms. The van der Waals surface area contributed by atoms with Gasteiger partial charge in [0.2, 0.25) is 5.91 Å². The maximum Gasteiger partial charge on any atom is 0.317 e. The Morgan fingerprint density at radius 3 is 2.82 bits per heavy atom. The van der Waals surface area contributed by atoms with E-state index in [-0.39, 0.29) is 23.9 Å². The third-order valence-corrected chi connectivity index (χ3v) is 4.17. The molecule has 1 saturated heterocycles. The Kier molecular flexibility index (Phi) is 4.27. The Labute approximate surface area is 130 Å². The van der Waals surface area contributed by atoms with Crippen LogP contribution in [0.3, 0.4) is 0 Å². The molecule has 1 aliphatic heterocycles. The fourth-order valence-electron chi connectivity index (χ4n) is 2.52. The minimum absolute atomic E-state index is 0.0966. The van der Waals surface area contributed by atoms with Crippen molar-refractivity contribution in [1.29, 1.82) is 0 Å². The first kappa shape index (κ1) is 14.8. The van der Waals surface area contributed by atoms with Crippen molar-refractivity contribution >= 4 is 11.9 Å². The molecule has 2 aliphatic rings. The van der Waals surface area contributed by atoms with Gasteiger partial charge in [-0.15, -0.1) is 0 Å². The molecule has 2 heterocycles. The van der Waals surface area contributed by atoms with Crippen LogP contribution in [0.1, 0.15) is 31.0 Å². The summed E-state index contributed by atoms with van der Waals surface area (Å²) in [4.78, 5) is 29.6. The number of aromatic nitrogens is 1. The molecule has 118 valence electrons. The number of urea groups is 1. The van der Waals surface area contributed by atoms with E-state index < -0.39 is 0 Å². The summed E-state index contributed by atoms with van der Waals surface area (Å²) in [6.07, 6.45) is 4.74. The quantitative estimate of drug-likeness (QED) is 0.854. The molecule has 1 saturated carbocycles. The normalized spacial score (nSPS) is 17.8. The summed E-state index contributed by atoms with van der Waals surface area (Å²) < 4.78 is 0. The summed E-state index contributed by atoms with van der Waals surface area (Å²) in [5.41, 5.74) is 2.08. The zero-order chi connectivity index (χ0) is 15.5. The van der Waals surface area contributed by atoms with Crippen LogP contribution in [-0.2, 0) is 17.8 Å². The molecule has 0 aromatic carbocycles. The molecule has 1 aromatic heterocycles. The van der Waals surface area contributed by atoms with Gasteiger partial charge in [0.1, 0.15) is 0 Å². The lowest BCUT2D eigenvalue weighted by molar-refractivity contribution is -0.123. The standard InChI is InChI=1S/C16H22N4O2/c1-2-11-5-6-17-13(7-11)8-18-16(22)20-9-14(10-20)19-15(21)12-3-4-12/h5-7,12,14H,2-4,8-10H2,1H3,(H,18,22)(H,19,21). The molecule has 0 bridgehead atoms. The first-order valence-electron chi connectivity index (χ1n) is 7.92. The summed E-state index contributed by atoms with van der Waals surface area (Å²) in [6.45, 7) is 3.70. The van der Waals surface area contributed by atoms with Gasteiger partial charge in [-0.1, -0.05) is 6.92 Å². The second-order valence-corrected chi connectivity index (χ2v) is 6.05. The van der Waals surface area contributed by atoms with Gasteiger partial charge in [0.05, 0.1) is 18.3 Å². The number of aryl methyl sites for hydroxylation is 1. The highest BCUT2D eigenvalue weighted by molar-refractivity contribution is 5.82. The van der Waals surface area contributed by atoms with Crippen molar-refractivity contribution < 1.29 is 9.59 Å². The van der Waals surface area contributed by atoms with Crippen molar-refractivity contribution in [2.24, 2.45) is 5.92 Å². The van der Waals surface area contributed by atoms with Gasteiger partial charge >= 0.3 is 6.03 Å². The molecule has 6 heteroatoms. The molecule has 22 heavy (non-hydrogen) atoms. The highest BCUT2D eigenvalue weighted by atomic mass is 16.2. The van der Waals surface area contributed by atoms with Crippen LogP contribution in [-0.4, -0.2) is 41.0 Å². The SMILES string of the molecule is CCc1ccnc(CNC(=O)N2CC(NC(=O)C3CC3)C2)c1. The number of nitrogens with zero attached hydrogens (tertiary/aromatic N) is 2. The van der Waals surface area contributed by atoms with Gasteiger partial charge in [-0.05, 0) is 37.0 Å². The van der Waals surface area contributed by atoms with Gasteiger partial charge in [0.25, 0.3) is 0 Å². The third kappa shape index (κ3) is 3.55. The number of hydrogen-bond donors (Lipinski definition) is 2. The van der Waals surface area contributed by atoms with Crippen molar-refractivity contribution in [3.63, 3.8) is 0 Å². The summed E-state index contributed by atoms with van der Waals surface area (Å²) in [7, 11) is 0. The highest BCUT2D eigenvalue weighted by Crippen LogP contribution is 2.29.